The molecule has 6 aliphatic heterocycles. The lowest BCUT2D eigenvalue weighted by Gasteiger charge is -2.40. The van der Waals surface area contributed by atoms with Gasteiger partial charge in [-0.3, -0.25) is 19.4 Å². The van der Waals surface area contributed by atoms with Gasteiger partial charge in [-0.25, -0.2) is 9.79 Å². The van der Waals surface area contributed by atoms with Crippen molar-refractivity contribution in [2.24, 2.45) is 39.6 Å². The maximum Gasteiger partial charge on any atom is 0.410 e. The lowest BCUT2D eigenvalue weighted by Crippen LogP contribution is -2.55. The number of aliphatic hydroxyl groups excluding tert-OH is 2. The van der Waals surface area contributed by atoms with Gasteiger partial charge >= 0.3 is 11.9 Å². The van der Waals surface area contributed by atoms with E-state index in [1.54, 1.807) is 64.7 Å². The third kappa shape index (κ3) is 9.95. The first-order chi connectivity index (χ1) is 34.5. The number of carbonyl (C=O) groups is 4. The second-order valence-corrected chi connectivity index (χ2v) is 21.7. The molecule has 9 atom stereocenters. The van der Waals surface area contributed by atoms with Gasteiger partial charge in [-0.15, -0.1) is 0 Å². The zero-order chi connectivity index (χ0) is 53.1. The number of rotatable bonds is 6. The fourth-order valence-corrected chi connectivity index (χ4v) is 11.2. The maximum atomic E-state index is 15.0. The highest BCUT2D eigenvalue weighted by atomic mass is 16.7. The maximum absolute atomic E-state index is 15.0. The summed E-state index contributed by atoms with van der Waals surface area (Å²) in [7, 11) is 3.00. The number of aliphatic hydroxyl groups is 2. The number of carbonyl (C=O) groups excluding carboxylic acids is 4. The first-order valence-electron chi connectivity index (χ1n) is 25.7. The predicted molar refractivity (Wildman–Crippen MR) is 270 cm³/mol. The number of fused-ring (bicyclic) bond motifs is 13. The van der Waals surface area contributed by atoms with Crippen molar-refractivity contribution in [3.63, 3.8) is 0 Å². The SMILES string of the molecule is CO[C@H]1/C=C/O[C@@]2(C)Oc3c(C)c(O)c4c(O)c(c5c(c4c3C2=O)NC2(CCN(CC(C)C)CC2)N=5)=NC(=O)/C(C)=C\C=C\[C@H](C)[C@H](O)[C@@H](C)[C@@H](O)[C@@H](C)[C@H](OC(=O)N2CCN(C(=O)C3(OC)CC3)CC2)[C@@H]1C. The molecule has 73 heavy (non-hydrogen) atoms. The normalized spacial score (nSPS) is 32.0. The van der Waals surface area contributed by atoms with Crippen LogP contribution in [-0.4, -0.2) is 160 Å². The quantitative estimate of drug-likeness (QED) is 0.248. The minimum atomic E-state index is -2.00. The van der Waals surface area contributed by atoms with E-state index in [-0.39, 0.29) is 81.8 Å². The Morgan fingerprint density at radius 1 is 0.863 bits per heavy atom. The number of anilines is 1. The third-order valence-corrected chi connectivity index (χ3v) is 16.2. The standard InChI is InChI=1S/C54H74N6O13/c1-28(2)27-58-20-18-54(19-21-58)56-39-36-37-44(63)34(8)47-38(36)48(65)52(9,73-47)71-26-15-35(69-10)31(5)46(72-51(68)60-24-22-59(23-25-60)50(67)53(70-11)16-17-53)33(7)43(62)32(6)42(61)29(3)13-12-14-30(4)49(66)55-41(45(37)64)40(39)57-54/h12-15,26,28-29,31-33,35,42-43,46,56,61-64H,16-25,27H2,1-11H3/b13-12+,26-15+,30-14-,55-41?/t29-,31+,32+,33+,35-,42-,43+,46+,52-/m0/s1. The minimum Gasteiger partial charge on any atom is -0.507 e. The number of likely N-dealkylation sites (tertiary alicyclic amines) is 1. The number of Topliss-reactive ketones (excluding diaryl/α,β-unsaturated/α-hetero) is 1. The molecule has 19 heteroatoms. The Morgan fingerprint density at radius 2 is 1.52 bits per heavy atom. The van der Waals surface area contributed by atoms with Crippen LogP contribution >= 0.6 is 0 Å². The number of hydrogen-bond donors (Lipinski definition) is 5. The van der Waals surface area contributed by atoms with E-state index in [0.29, 0.717) is 50.4 Å². The molecule has 2 aromatic rings. The summed E-state index contributed by atoms with van der Waals surface area (Å²) in [5.41, 5.74) is -1.00. The molecule has 1 saturated carbocycles. The van der Waals surface area contributed by atoms with Crippen molar-refractivity contribution in [3.8, 4) is 17.2 Å². The van der Waals surface area contributed by atoms with Crippen LogP contribution in [0.3, 0.4) is 0 Å². The third-order valence-electron chi connectivity index (χ3n) is 16.2. The Hall–Kier alpha value is -5.60. The largest absolute Gasteiger partial charge is 0.507 e. The number of nitrogens with zero attached hydrogens (tertiary/aromatic N) is 5. The number of phenols is 2. The van der Waals surface area contributed by atoms with Crippen molar-refractivity contribution in [1.82, 2.24) is 14.7 Å². The fraction of sp³-hybridized carbons (Fsp3) is 0.630. The minimum absolute atomic E-state index is 0.0334. The second-order valence-electron chi connectivity index (χ2n) is 21.7. The number of hydrogen-bond acceptors (Lipinski definition) is 16. The van der Waals surface area contributed by atoms with Crippen LogP contribution in [0.2, 0.25) is 0 Å². The smallest absolute Gasteiger partial charge is 0.410 e. The van der Waals surface area contributed by atoms with Gasteiger partial charge in [0.1, 0.15) is 39.6 Å². The topological polar surface area (TPSA) is 242 Å². The summed E-state index contributed by atoms with van der Waals surface area (Å²) in [5.74, 6) is -6.61. The number of methoxy groups -OCH3 is 2. The summed E-state index contributed by atoms with van der Waals surface area (Å²) in [4.78, 5) is 71.5. The summed E-state index contributed by atoms with van der Waals surface area (Å²) >= 11 is 0. The fourth-order valence-electron chi connectivity index (χ4n) is 11.2. The molecule has 5 bridgehead atoms. The molecule has 0 radical (unpaired) electrons. The highest BCUT2D eigenvalue weighted by Gasteiger charge is 2.54. The molecule has 6 heterocycles. The molecule has 3 amide bonds. The Labute approximate surface area is 426 Å². The first-order valence-corrected chi connectivity index (χ1v) is 25.7. The number of ether oxygens (including phenoxy) is 5. The van der Waals surface area contributed by atoms with Crippen molar-refractivity contribution in [2.75, 3.05) is 65.3 Å². The molecule has 7 aliphatic rings. The molecule has 2 aromatic carbocycles. The van der Waals surface area contributed by atoms with Crippen LogP contribution in [0.1, 0.15) is 97.0 Å². The van der Waals surface area contributed by atoms with Crippen molar-refractivity contribution >= 4 is 40.2 Å². The van der Waals surface area contributed by atoms with E-state index in [2.05, 4.69) is 29.1 Å². The van der Waals surface area contributed by atoms with Gasteiger partial charge in [0.2, 0.25) is 0 Å². The van der Waals surface area contributed by atoms with E-state index >= 15 is 0 Å². The van der Waals surface area contributed by atoms with Gasteiger partial charge < -0.3 is 64.1 Å². The van der Waals surface area contributed by atoms with Gasteiger partial charge in [0.25, 0.3) is 17.6 Å². The average Bonchev–Trinajstić information content (AvgIpc) is 4.02. The van der Waals surface area contributed by atoms with Crippen molar-refractivity contribution < 1.29 is 63.3 Å². The zero-order valence-corrected chi connectivity index (χ0v) is 44.1. The van der Waals surface area contributed by atoms with Crippen LogP contribution in [-0.2, 0) is 28.5 Å². The lowest BCUT2D eigenvalue weighted by atomic mass is 9.78. The van der Waals surface area contributed by atoms with Gasteiger partial charge in [-0.1, -0.05) is 59.8 Å². The highest BCUT2D eigenvalue weighted by Crippen LogP contribution is 2.51. The van der Waals surface area contributed by atoms with Gasteiger partial charge in [-0.2, -0.15) is 0 Å². The molecular weight excluding hydrogens is 941 g/mol. The summed E-state index contributed by atoms with van der Waals surface area (Å²) in [6.45, 7) is 19.2. The van der Waals surface area contributed by atoms with E-state index < -0.39 is 88.7 Å². The predicted octanol–water partition coefficient (Wildman–Crippen LogP) is 4.65. The van der Waals surface area contributed by atoms with Crippen LogP contribution in [0.5, 0.6) is 17.2 Å². The molecule has 5 N–H and O–H groups in total. The molecule has 1 aliphatic carbocycles. The van der Waals surface area contributed by atoms with Gasteiger partial charge in [0.05, 0.1) is 41.2 Å². The molecule has 2 saturated heterocycles. The van der Waals surface area contributed by atoms with Crippen LogP contribution in [0.4, 0.5) is 10.5 Å². The van der Waals surface area contributed by atoms with E-state index in [1.165, 1.54) is 38.4 Å². The van der Waals surface area contributed by atoms with Gasteiger partial charge in [0, 0.05) is 120 Å². The molecule has 3 fully saturated rings. The molecule has 0 unspecified atom stereocenters. The Balaban J connectivity index is 1.18. The summed E-state index contributed by atoms with van der Waals surface area (Å²) in [6.07, 6.45) is 5.29. The van der Waals surface area contributed by atoms with Crippen molar-refractivity contribution in [1.29, 1.82) is 0 Å². The van der Waals surface area contributed by atoms with Crippen LogP contribution < -0.4 is 20.8 Å². The number of aromatic hydroxyl groups is 2. The van der Waals surface area contributed by atoms with E-state index in [9.17, 15) is 39.6 Å². The number of piperidine rings is 1. The molecule has 0 aromatic heterocycles. The summed E-state index contributed by atoms with van der Waals surface area (Å²) in [6, 6.07) is 0. The van der Waals surface area contributed by atoms with Crippen molar-refractivity contribution in [2.45, 2.75) is 129 Å². The number of allylic oxidation sites excluding steroid dienone is 2. The Kier molecular flexibility index (Phi) is 15.2. The van der Waals surface area contributed by atoms with E-state index in [4.69, 9.17) is 28.7 Å². The summed E-state index contributed by atoms with van der Waals surface area (Å²) in [5, 5.41) is 51.5. The number of benzene rings is 2. The molecule has 9 rings (SSSR count). The van der Waals surface area contributed by atoms with Gasteiger partial charge in [-0.05, 0) is 38.7 Å². The average molecular weight is 1020 g/mol. The number of ketones is 1. The monoisotopic (exact) mass is 1010 g/mol. The number of piperazine rings is 1. The Bertz CT molecular complexity index is 2740. The van der Waals surface area contributed by atoms with Gasteiger partial charge in [0.15, 0.2) is 5.75 Å². The lowest BCUT2D eigenvalue weighted by molar-refractivity contribution is -0.146. The molecule has 19 nitrogen and oxygen atoms in total. The highest BCUT2D eigenvalue weighted by molar-refractivity contribution is 6.21. The van der Waals surface area contributed by atoms with E-state index in [1.807, 2.05) is 0 Å². The molecule has 398 valence electrons. The van der Waals surface area contributed by atoms with Crippen molar-refractivity contribution in [3.05, 3.63) is 58.0 Å². The zero-order valence-electron chi connectivity index (χ0n) is 44.1. The number of amides is 3. The number of phenolic OH excluding ortho intramolecular Hbond substituents is 2. The van der Waals surface area contributed by atoms with E-state index in [0.717, 1.165) is 6.54 Å². The Morgan fingerprint density at radius 3 is 2.14 bits per heavy atom. The molecular formula is C54H74N6O13. The molecule has 1 spiro atoms. The van der Waals surface area contributed by atoms with Crippen LogP contribution in [0.15, 0.2) is 46.1 Å². The number of nitrogens with one attached hydrogen (secondary N) is 1. The first kappa shape index (κ1) is 53.7. The second kappa shape index (κ2) is 20.6. The van der Waals surface area contributed by atoms with Crippen LogP contribution in [0.25, 0.3) is 10.8 Å². The van der Waals surface area contributed by atoms with Crippen LogP contribution in [0, 0.1) is 36.5 Å². The summed E-state index contributed by atoms with van der Waals surface area (Å²) < 4.78 is 30.4.